The quantitative estimate of drug-likeness (QED) is 0.669. The van der Waals surface area contributed by atoms with E-state index in [-0.39, 0.29) is 17.3 Å². The van der Waals surface area contributed by atoms with Crippen molar-refractivity contribution in [2.24, 2.45) is 4.99 Å². The summed E-state index contributed by atoms with van der Waals surface area (Å²) in [5, 5.41) is 2.72. The number of imide groups is 1. The molecule has 11 nitrogen and oxygen atoms in total. The molecule has 1 aromatic rings. The SMILES string of the molecule is CN1C(=O)C2C(N=CN2CC(=O)Nc2ccc(S(=O)(=O)N3CCCCCC3)cc2)N(C)C1=O. The molecule has 0 aromatic heterocycles. The molecule has 1 N–H and O–H groups in total. The van der Waals surface area contributed by atoms with Crippen molar-refractivity contribution < 1.29 is 22.8 Å². The topological polar surface area (TPSA) is 123 Å². The Morgan fingerprint density at radius 3 is 2.33 bits per heavy atom. The highest BCUT2D eigenvalue weighted by Crippen LogP contribution is 2.25. The molecule has 4 rings (SSSR count). The maximum absolute atomic E-state index is 12.9. The van der Waals surface area contributed by atoms with Crippen LogP contribution in [0.15, 0.2) is 34.2 Å². The summed E-state index contributed by atoms with van der Waals surface area (Å²) in [6.07, 6.45) is 4.53. The zero-order chi connectivity index (χ0) is 23.8. The lowest BCUT2D eigenvalue weighted by atomic mass is 10.1. The van der Waals surface area contributed by atoms with Gasteiger partial charge in [0.2, 0.25) is 15.9 Å². The molecule has 0 saturated carbocycles. The average Bonchev–Trinajstić information content (AvgIpc) is 3.01. The lowest BCUT2D eigenvalue weighted by molar-refractivity contribution is -0.136. The smallest absolute Gasteiger partial charge is 0.328 e. The molecular formula is C21H28N6O5S. The monoisotopic (exact) mass is 476 g/mol. The van der Waals surface area contributed by atoms with Crippen LogP contribution < -0.4 is 5.32 Å². The zero-order valence-electron chi connectivity index (χ0n) is 18.7. The Morgan fingerprint density at radius 1 is 1.06 bits per heavy atom. The van der Waals surface area contributed by atoms with E-state index in [0.717, 1.165) is 30.6 Å². The number of rotatable bonds is 5. The highest BCUT2D eigenvalue weighted by Gasteiger charge is 2.48. The number of carbonyl (C=O) groups is 3. The molecule has 2 saturated heterocycles. The van der Waals surface area contributed by atoms with Crippen LogP contribution in [-0.4, -0.2) is 97.5 Å². The van der Waals surface area contributed by atoms with Gasteiger partial charge >= 0.3 is 6.03 Å². The van der Waals surface area contributed by atoms with Gasteiger partial charge in [0.15, 0.2) is 12.2 Å². The molecule has 2 fully saturated rings. The van der Waals surface area contributed by atoms with Crippen LogP contribution in [0.1, 0.15) is 25.7 Å². The molecule has 0 spiro atoms. The van der Waals surface area contributed by atoms with E-state index in [9.17, 15) is 22.8 Å². The zero-order valence-corrected chi connectivity index (χ0v) is 19.5. The average molecular weight is 477 g/mol. The van der Waals surface area contributed by atoms with Gasteiger partial charge in [-0.25, -0.2) is 18.2 Å². The second-order valence-electron chi connectivity index (χ2n) is 8.48. The third-order valence-corrected chi connectivity index (χ3v) is 8.16. The predicted octanol–water partition coefficient (Wildman–Crippen LogP) is 0.752. The van der Waals surface area contributed by atoms with E-state index in [1.807, 2.05) is 0 Å². The summed E-state index contributed by atoms with van der Waals surface area (Å²) in [6, 6.07) is 4.88. The molecule has 0 aliphatic carbocycles. The second kappa shape index (κ2) is 9.10. The van der Waals surface area contributed by atoms with Crippen LogP contribution in [0.5, 0.6) is 0 Å². The normalized spacial score (nSPS) is 24.1. The molecule has 2 atom stereocenters. The van der Waals surface area contributed by atoms with Crippen LogP contribution in [0.3, 0.4) is 0 Å². The highest BCUT2D eigenvalue weighted by atomic mass is 32.2. The molecule has 3 aliphatic rings. The van der Waals surface area contributed by atoms with Crippen molar-refractivity contribution in [3.05, 3.63) is 24.3 Å². The molecule has 2 unspecified atom stereocenters. The number of amides is 4. The lowest BCUT2D eigenvalue weighted by Crippen LogP contribution is -2.64. The van der Waals surface area contributed by atoms with E-state index >= 15 is 0 Å². The Hall–Kier alpha value is -2.99. The van der Waals surface area contributed by atoms with Crippen LogP contribution in [-0.2, 0) is 19.6 Å². The van der Waals surface area contributed by atoms with Crippen LogP contribution in [0.4, 0.5) is 10.5 Å². The van der Waals surface area contributed by atoms with Crippen molar-refractivity contribution in [2.45, 2.75) is 42.8 Å². The standard InChI is InChI=1S/C21H28N6O5S/c1-24-19-18(20(29)25(2)21(24)30)26(14-22-19)13-17(28)23-15-7-9-16(10-8-15)33(31,32)27-11-5-3-4-6-12-27/h7-10,14,18-19H,3-6,11-13H2,1-2H3,(H,23,28). The van der Waals surface area contributed by atoms with Crippen molar-refractivity contribution >= 4 is 39.9 Å². The number of aliphatic imine (C=N–C) groups is 1. The molecular weight excluding hydrogens is 448 g/mol. The third-order valence-electron chi connectivity index (χ3n) is 6.24. The van der Waals surface area contributed by atoms with Gasteiger partial charge < -0.3 is 15.1 Å². The predicted molar refractivity (Wildman–Crippen MR) is 121 cm³/mol. The fourth-order valence-electron chi connectivity index (χ4n) is 4.35. The van der Waals surface area contributed by atoms with Gasteiger partial charge in [-0.3, -0.25) is 14.5 Å². The fourth-order valence-corrected chi connectivity index (χ4v) is 5.87. The number of anilines is 1. The van der Waals surface area contributed by atoms with Gasteiger partial charge in [-0.2, -0.15) is 4.31 Å². The summed E-state index contributed by atoms with van der Waals surface area (Å²) < 4.78 is 27.3. The number of sulfonamides is 1. The summed E-state index contributed by atoms with van der Waals surface area (Å²) in [7, 11) is -0.604. The number of nitrogens with one attached hydrogen (secondary N) is 1. The summed E-state index contributed by atoms with van der Waals surface area (Å²) >= 11 is 0. The van der Waals surface area contributed by atoms with Crippen LogP contribution in [0, 0.1) is 0 Å². The van der Waals surface area contributed by atoms with Gasteiger partial charge in [0.25, 0.3) is 5.91 Å². The Bertz CT molecular complexity index is 1070. The molecule has 33 heavy (non-hydrogen) atoms. The highest BCUT2D eigenvalue weighted by molar-refractivity contribution is 7.89. The maximum atomic E-state index is 12.9. The Labute approximate surface area is 193 Å². The van der Waals surface area contributed by atoms with Crippen molar-refractivity contribution in [3.63, 3.8) is 0 Å². The Kier molecular flexibility index (Phi) is 6.39. The minimum Gasteiger partial charge on any atom is -0.338 e. The molecule has 12 heteroatoms. The van der Waals surface area contributed by atoms with Crippen LogP contribution in [0.2, 0.25) is 0 Å². The number of hydrogen-bond acceptors (Lipinski definition) is 7. The molecule has 4 amide bonds. The van der Waals surface area contributed by atoms with E-state index < -0.39 is 34.2 Å². The number of fused-ring (bicyclic) bond motifs is 1. The first-order chi connectivity index (χ1) is 15.7. The van der Waals surface area contributed by atoms with Crippen LogP contribution >= 0.6 is 0 Å². The van der Waals surface area contributed by atoms with Crippen molar-refractivity contribution in [2.75, 3.05) is 39.0 Å². The molecule has 0 radical (unpaired) electrons. The van der Waals surface area contributed by atoms with Gasteiger partial charge in [0.1, 0.15) is 0 Å². The maximum Gasteiger partial charge on any atom is 0.328 e. The number of benzene rings is 1. The van der Waals surface area contributed by atoms with Gasteiger partial charge in [0.05, 0.1) is 17.8 Å². The molecule has 0 bridgehead atoms. The summed E-state index contributed by atoms with van der Waals surface area (Å²) in [5.41, 5.74) is 0.446. The van der Waals surface area contributed by atoms with E-state index in [0.29, 0.717) is 18.8 Å². The number of likely N-dealkylation sites (N-methyl/N-ethyl adjacent to an activating group) is 2. The van der Waals surface area contributed by atoms with Gasteiger partial charge in [0, 0.05) is 32.9 Å². The number of urea groups is 1. The number of carbonyl (C=O) groups excluding carboxylic acids is 3. The van der Waals surface area contributed by atoms with E-state index in [2.05, 4.69) is 10.3 Å². The van der Waals surface area contributed by atoms with Crippen molar-refractivity contribution in [3.8, 4) is 0 Å². The first-order valence-electron chi connectivity index (χ1n) is 10.9. The largest absolute Gasteiger partial charge is 0.338 e. The minimum atomic E-state index is -3.56. The van der Waals surface area contributed by atoms with E-state index in [1.54, 1.807) is 19.2 Å². The third kappa shape index (κ3) is 4.44. The van der Waals surface area contributed by atoms with Gasteiger partial charge in [-0.15, -0.1) is 0 Å². The second-order valence-corrected chi connectivity index (χ2v) is 10.4. The minimum absolute atomic E-state index is 0.139. The van der Waals surface area contributed by atoms with Crippen LogP contribution in [0.25, 0.3) is 0 Å². The number of hydrogen-bond donors (Lipinski definition) is 1. The van der Waals surface area contributed by atoms with Gasteiger partial charge in [-0.05, 0) is 37.1 Å². The molecule has 1 aromatic carbocycles. The summed E-state index contributed by atoms with van der Waals surface area (Å²) in [4.78, 5) is 45.5. The molecule has 3 aliphatic heterocycles. The first kappa shape index (κ1) is 23.2. The Balaban J connectivity index is 1.39. The van der Waals surface area contributed by atoms with E-state index in [1.165, 1.54) is 39.6 Å². The summed E-state index contributed by atoms with van der Waals surface area (Å²) in [5.74, 6) is -0.809. The molecule has 3 heterocycles. The molecule has 178 valence electrons. The van der Waals surface area contributed by atoms with Crippen molar-refractivity contribution in [1.82, 2.24) is 19.0 Å². The lowest BCUT2D eigenvalue weighted by Gasteiger charge is -2.39. The van der Waals surface area contributed by atoms with Crippen molar-refractivity contribution in [1.29, 1.82) is 0 Å². The van der Waals surface area contributed by atoms with Gasteiger partial charge in [-0.1, -0.05) is 12.8 Å². The summed E-state index contributed by atoms with van der Waals surface area (Å²) in [6.45, 7) is 0.907. The number of nitrogens with zero attached hydrogens (tertiary/aromatic N) is 5. The Morgan fingerprint density at radius 2 is 1.70 bits per heavy atom. The van der Waals surface area contributed by atoms with E-state index in [4.69, 9.17) is 0 Å². The first-order valence-corrected chi connectivity index (χ1v) is 12.4. The fraction of sp³-hybridized carbons (Fsp3) is 0.524.